The second kappa shape index (κ2) is 5.43. The molecule has 3 heteroatoms. The van der Waals surface area contributed by atoms with Crippen molar-refractivity contribution in [3.63, 3.8) is 0 Å². The molecule has 1 atom stereocenters. The van der Waals surface area contributed by atoms with Crippen molar-refractivity contribution in [2.24, 2.45) is 11.1 Å². The Morgan fingerprint density at radius 1 is 1.39 bits per heavy atom. The molecule has 1 heterocycles. The molecular weight excluding hydrogens is 222 g/mol. The molecule has 2 N–H and O–H groups in total. The fourth-order valence-corrected chi connectivity index (χ4v) is 3.15. The van der Waals surface area contributed by atoms with Crippen LogP contribution in [0.25, 0.3) is 0 Å². The molecule has 1 aromatic rings. The molecule has 1 aliphatic rings. The van der Waals surface area contributed by atoms with E-state index in [-0.39, 0.29) is 6.04 Å². The summed E-state index contributed by atoms with van der Waals surface area (Å²) >= 11 is 0. The van der Waals surface area contributed by atoms with E-state index in [0.29, 0.717) is 5.41 Å². The van der Waals surface area contributed by atoms with Gasteiger partial charge in [-0.3, -0.25) is 4.68 Å². The van der Waals surface area contributed by atoms with Crippen molar-refractivity contribution in [2.75, 3.05) is 0 Å². The number of hydrogen-bond donors (Lipinski definition) is 1. The molecular formula is C15H27N3. The highest BCUT2D eigenvalue weighted by Crippen LogP contribution is 2.40. The Kier molecular flexibility index (Phi) is 4.10. The van der Waals surface area contributed by atoms with E-state index in [2.05, 4.69) is 36.6 Å². The summed E-state index contributed by atoms with van der Waals surface area (Å²) in [7, 11) is 0. The second-order valence-corrected chi connectivity index (χ2v) is 5.97. The summed E-state index contributed by atoms with van der Waals surface area (Å²) in [5, 5.41) is 4.61. The molecule has 1 aliphatic carbocycles. The fraction of sp³-hybridized carbons (Fsp3) is 0.800. The van der Waals surface area contributed by atoms with Crippen LogP contribution in [0.5, 0.6) is 0 Å². The summed E-state index contributed by atoms with van der Waals surface area (Å²) in [5.74, 6) is 0. The molecule has 1 saturated carbocycles. The van der Waals surface area contributed by atoms with Crippen LogP contribution in [0.15, 0.2) is 6.07 Å². The van der Waals surface area contributed by atoms with Gasteiger partial charge in [-0.2, -0.15) is 5.10 Å². The molecule has 1 fully saturated rings. The molecule has 0 amide bonds. The zero-order chi connectivity index (χ0) is 13.2. The highest BCUT2D eigenvalue weighted by Gasteiger charge is 2.35. The SMILES string of the molecule is CCc1cc(CC(N)C2(C)CCCC2)n(CC)n1. The monoisotopic (exact) mass is 249 g/mol. The first-order chi connectivity index (χ1) is 8.59. The van der Waals surface area contributed by atoms with Crippen molar-refractivity contribution < 1.29 is 0 Å². The molecule has 0 spiro atoms. The van der Waals surface area contributed by atoms with E-state index in [1.165, 1.54) is 37.1 Å². The first-order valence-corrected chi connectivity index (χ1v) is 7.40. The molecule has 0 saturated heterocycles. The molecule has 1 aromatic heterocycles. The zero-order valence-corrected chi connectivity index (χ0v) is 12.1. The highest BCUT2D eigenvalue weighted by atomic mass is 15.3. The van der Waals surface area contributed by atoms with Gasteiger partial charge in [-0.05, 0) is 37.7 Å². The molecule has 0 aromatic carbocycles. The Bertz CT molecular complexity index is 388. The van der Waals surface area contributed by atoms with Crippen LogP contribution in [-0.4, -0.2) is 15.8 Å². The standard InChI is InChI=1S/C15H27N3/c1-4-12-10-13(18(5-2)17-12)11-14(16)15(3)8-6-7-9-15/h10,14H,4-9,11,16H2,1-3H3. The van der Waals surface area contributed by atoms with Crippen LogP contribution < -0.4 is 5.73 Å². The minimum absolute atomic E-state index is 0.270. The van der Waals surface area contributed by atoms with Gasteiger partial charge in [0.15, 0.2) is 0 Å². The average molecular weight is 249 g/mol. The lowest BCUT2D eigenvalue weighted by Crippen LogP contribution is -2.39. The molecule has 0 aliphatic heterocycles. The number of nitrogens with two attached hydrogens (primary N) is 1. The first kappa shape index (κ1) is 13.6. The Morgan fingerprint density at radius 3 is 2.61 bits per heavy atom. The van der Waals surface area contributed by atoms with E-state index in [4.69, 9.17) is 5.73 Å². The summed E-state index contributed by atoms with van der Waals surface area (Å²) in [5.41, 5.74) is 9.33. The number of rotatable bonds is 5. The summed E-state index contributed by atoms with van der Waals surface area (Å²) < 4.78 is 2.12. The molecule has 18 heavy (non-hydrogen) atoms. The lowest BCUT2D eigenvalue weighted by atomic mass is 9.79. The Balaban J connectivity index is 2.10. The predicted octanol–water partition coefficient (Wildman–Crippen LogP) is 2.92. The number of hydrogen-bond acceptors (Lipinski definition) is 2. The quantitative estimate of drug-likeness (QED) is 0.872. The van der Waals surface area contributed by atoms with Crippen LogP contribution in [-0.2, 0) is 19.4 Å². The van der Waals surface area contributed by atoms with Crippen molar-refractivity contribution in [3.05, 3.63) is 17.5 Å². The highest BCUT2D eigenvalue weighted by molar-refractivity contribution is 5.13. The summed E-state index contributed by atoms with van der Waals surface area (Å²) in [6.45, 7) is 7.61. The number of aryl methyl sites for hydroxylation is 2. The lowest BCUT2D eigenvalue weighted by Gasteiger charge is -2.31. The van der Waals surface area contributed by atoms with Gasteiger partial charge in [-0.25, -0.2) is 0 Å². The second-order valence-electron chi connectivity index (χ2n) is 5.97. The van der Waals surface area contributed by atoms with Crippen molar-refractivity contribution in [2.45, 2.75) is 71.9 Å². The number of aromatic nitrogens is 2. The summed E-state index contributed by atoms with van der Waals surface area (Å²) in [6.07, 6.45) is 7.24. The lowest BCUT2D eigenvalue weighted by molar-refractivity contribution is 0.257. The first-order valence-electron chi connectivity index (χ1n) is 7.40. The van der Waals surface area contributed by atoms with Crippen molar-refractivity contribution in [3.8, 4) is 0 Å². The largest absolute Gasteiger partial charge is 0.327 e. The van der Waals surface area contributed by atoms with Crippen molar-refractivity contribution >= 4 is 0 Å². The van der Waals surface area contributed by atoms with E-state index < -0.39 is 0 Å². The van der Waals surface area contributed by atoms with Crippen molar-refractivity contribution in [1.82, 2.24) is 9.78 Å². The minimum atomic E-state index is 0.270. The molecule has 102 valence electrons. The van der Waals surface area contributed by atoms with Gasteiger partial charge in [0.2, 0.25) is 0 Å². The van der Waals surface area contributed by atoms with Gasteiger partial charge in [0, 0.05) is 24.7 Å². The van der Waals surface area contributed by atoms with Crippen LogP contribution in [0.4, 0.5) is 0 Å². The van der Waals surface area contributed by atoms with Crippen LogP contribution in [0.1, 0.15) is 57.8 Å². The topological polar surface area (TPSA) is 43.8 Å². The molecule has 0 radical (unpaired) electrons. The third-order valence-corrected chi connectivity index (χ3v) is 4.65. The molecule has 2 rings (SSSR count). The maximum atomic E-state index is 6.48. The molecule has 0 bridgehead atoms. The normalized spacial score (nSPS) is 20.2. The smallest absolute Gasteiger partial charge is 0.0624 e. The fourth-order valence-electron chi connectivity index (χ4n) is 3.15. The third kappa shape index (κ3) is 2.61. The molecule has 1 unspecified atom stereocenters. The van der Waals surface area contributed by atoms with Gasteiger partial charge in [0.1, 0.15) is 0 Å². The van der Waals surface area contributed by atoms with Gasteiger partial charge in [-0.15, -0.1) is 0 Å². The van der Waals surface area contributed by atoms with Crippen LogP contribution in [0.2, 0.25) is 0 Å². The van der Waals surface area contributed by atoms with Crippen LogP contribution in [0.3, 0.4) is 0 Å². The van der Waals surface area contributed by atoms with Crippen molar-refractivity contribution in [1.29, 1.82) is 0 Å². The van der Waals surface area contributed by atoms with E-state index in [1.807, 2.05) is 0 Å². The number of nitrogens with zero attached hydrogens (tertiary/aromatic N) is 2. The van der Waals surface area contributed by atoms with E-state index >= 15 is 0 Å². The Labute approximate surface area is 111 Å². The summed E-state index contributed by atoms with van der Waals surface area (Å²) in [4.78, 5) is 0. The van der Waals surface area contributed by atoms with Gasteiger partial charge >= 0.3 is 0 Å². The third-order valence-electron chi connectivity index (χ3n) is 4.65. The maximum absolute atomic E-state index is 6.48. The van der Waals surface area contributed by atoms with Gasteiger partial charge in [0.25, 0.3) is 0 Å². The molecule has 3 nitrogen and oxygen atoms in total. The Morgan fingerprint density at radius 2 is 2.06 bits per heavy atom. The maximum Gasteiger partial charge on any atom is 0.0624 e. The van der Waals surface area contributed by atoms with E-state index in [1.54, 1.807) is 0 Å². The van der Waals surface area contributed by atoms with Gasteiger partial charge in [0.05, 0.1) is 5.69 Å². The summed E-state index contributed by atoms with van der Waals surface area (Å²) in [6, 6.07) is 2.51. The van der Waals surface area contributed by atoms with Crippen LogP contribution >= 0.6 is 0 Å². The Hall–Kier alpha value is -0.830. The van der Waals surface area contributed by atoms with Gasteiger partial charge < -0.3 is 5.73 Å². The van der Waals surface area contributed by atoms with Crippen LogP contribution in [0, 0.1) is 5.41 Å². The van der Waals surface area contributed by atoms with Gasteiger partial charge in [-0.1, -0.05) is 26.7 Å². The minimum Gasteiger partial charge on any atom is -0.327 e. The average Bonchev–Trinajstić information content (AvgIpc) is 2.96. The van der Waals surface area contributed by atoms with E-state index in [9.17, 15) is 0 Å². The predicted molar refractivity (Wildman–Crippen MR) is 75.5 cm³/mol. The van der Waals surface area contributed by atoms with E-state index in [0.717, 1.165) is 19.4 Å². The zero-order valence-electron chi connectivity index (χ0n) is 12.1.